The molecule has 0 spiro atoms. The predicted octanol–water partition coefficient (Wildman–Crippen LogP) is 3.90. The Bertz CT molecular complexity index is 1160. The number of alkyl halides is 2. The molecule has 3 aromatic heterocycles. The van der Waals surface area contributed by atoms with Gasteiger partial charge in [0.25, 0.3) is 0 Å². The fourth-order valence-corrected chi connectivity index (χ4v) is 3.67. The molecule has 0 aliphatic carbocycles. The molecule has 3 aromatic rings. The van der Waals surface area contributed by atoms with Crippen LogP contribution in [0.25, 0.3) is 22.6 Å². The predicted molar refractivity (Wildman–Crippen MR) is 118 cm³/mol. The standard InChI is InChI=1S/C22H26F2N6O4/c1-5-30-17(13-6-7-15(25-10-13)33-20(23)24)28-16-18(30)26-12-27-19(16)32-14-8-9-29(11-14)21(31)34-22(2,3)4/h6-7,10,12,14,20H,5,8-9,11H2,1-4H3. The molecule has 4 rings (SSSR count). The van der Waals surface area contributed by atoms with Crippen molar-refractivity contribution in [2.24, 2.45) is 0 Å². The van der Waals surface area contributed by atoms with Crippen molar-refractivity contribution in [1.29, 1.82) is 0 Å². The minimum atomic E-state index is -2.95. The van der Waals surface area contributed by atoms with Crippen molar-refractivity contribution >= 4 is 17.3 Å². The topological polar surface area (TPSA) is 104 Å². The molecule has 182 valence electrons. The zero-order chi connectivity index (χ0) is 24.5. The van der Waals surface area contributed by atoms with E-state index in [9.17, 15) is 13.6 Å². The highest BCUT2D eigenvalue weighted by atomic mass is 19.3. The van der Waals surface area contributed by atoms with E-state index in [1.807, 2.05) is 32.3 Å². The summed E-state index contributed by atoms with van der Waals surface area (Å²) in [5.41, 5.74) is 1.06. The number of carbonyl (C=O) groups is 1. The van der Waals surface area contributed by atoms with Gasteiger partial charge in [0.05, 0.1) is 6.54 Å². The normalized spacial score (nSPS) is 16.3. The monoisotopic (exact) mass is 476 g/mol. The van der Waals surface area contributed by atoms with Gasteiger partial charge in [0.2, 0.25) is 11.8 Å². The lowest BCUT2D eigenvalue weighted by Crippen LogP contribution is -2.36. The maximum absolute atomic E-state index is 12.4. The highest BCUT2D eigenvalue weighted by molar-refractivity contribution is 5.81. The van der Waals surface area contributed by atoms with Crippen LogP contribution < -0.4 is 9.47 Å². The van der Waals surface area contributed by atoms with Gasteiger partial charge in [-0.25, -0.2) is 19.7 Å². The van der Waals surface area contributed by atoms with Gasteiger partial charge in [-0.05, 0) is 33.8 Å². The van der Waals surface area contributed by atoms with Crippen LogP contribution in [0, 0.1) is 0 Å². The molecule has 0 aromatic carbocycles. The minimum Gasteiger partial charge on any atom is -0.471 e. The number of nitrogens with zero attached hydrogens (tertiary/aromatic N) is 6. The van der Waals surface area contributed by atoms with Gasteiger partial charge in [-0.2, -0.15) is 13.8 Å². The molecule has 34 heavy (non-hydrogen) atoms. The number of aryl methyl sites for hydroxylation is 1. The first-order chi connectivity index (χ1) is 16.1. The van der Waals surface area contributed by atoms with Crippen LogP contribution >= 0.6 is 0 Å². The van der Waals surface area contributed by atoms with E-state index in [1.54, 1.807) is 11.0 Å². The quantitative estimate of drug-likeness (QED) is 0.528. The van der Waals surface area contributed by atoms with Crippen molar-refractivity contribution in [1.82, 2.24) is 29.4 Å². The maximum Gasteiger partial charge on any atom is 0.410 e. The molecule has 1 aliphatic heterocycles. The molecule has 0 bridgehead atoms. The van der Waals surface area contributed by atoms with Crippen molar-refractivity contribution in [3.05, 3.63) is 24.7 Å². The van der Waals surface area contributed by atoms with Crippen molar-refractivity contribution in [2.75, 3.05) is 13.1 Å². The van der Waals surface area contributed by atoms with Crippen LogP contribution in [0.4, 0.5) is 13.6 Å². The summed E-state index contributed by atoms with van der Waals surface area (Å²) in [6, 6.07) is 2.95. The average molecular weight is 476 g/mol. The molecule has 1 unspecified atom stereocenters. The van der Waals surface area contributed by atoms with Crippen molar-refractivity contribution < 1.29 is 27.8 Å². The first-order valence-electron chi connectivity index (χ1n) is 10.9. The van der Waals surface area contributed by atoms with E-state index in [1.165, 1.54) is 18.6 Å². The number of aromatic nitrogens is 5. The number of carbonyl (C=O) groups excluding carboxylic acids is 1. The summed E-state index contributed by atoms with van der Waals surface area (Å²) in [6.45, 7) is 5.89. The third kappa shape index (κ3) is 5.15. The largest absolute Gasteiger partial charge is 0.471 e. The molecule has 1 atom stereocenters. The van der Waals surface area contributed by atoms with Gasteiger partial charge in [-0.15, -0.1) is 0 Å². The van der Waals surface area contributed by atoms with E-state index in [0.29, 0.717) is 54.5 Å². The Morgan fingerprint density at radius 3 is 2.68 bits per heavy atom. The summed E-state index contributed by atoms with van der Waals surface area (Å²) in [5.74, 6) is 0.665. The summed E-state index contributed by atoms with van der Waals surface area (Å²) in [6.07, 6.45) is 2.79. The Morgan fingerprint density at radius 2 is 2.03 bits per heavy atom. The van der Waals surface area contributed by atoms with Crippen LogP contribution in [-0.4, -0.2) is 66.9 Å². The number of likely N-dealkylation sites (tertiary alicyclic amines) is 1. The number of ether oxygens (including phenoxy) is 3. The van der Waals surface area contributed by atoms with Crippen LogP contribution in [0.1, 0.15) is 34.1 Å². The molecule has 0 radical (unpaired) electrons. The van der Waals surface area contributed by atoms with E-state index >= 15 is 0 Å². The second kappa shape index (κ2) is 9.35. The summed E-state index contributed by atoms with van der Waals surface area (Å²) < 4.78 is 42.6. The van der Waals surface area contributed by atoms with Crippen LogP contribution in [0.15, 0.2) is 24.7 Å². The number of hydrogen-bond donors (Lipinski definition) is 0. The fraction of sp³-hybridized carbons (Fsp3) is 0.500. The Hall–Kier alpha value is -3.57. The first-order valence-corrected chi connectivity index (χ1v) is 10.9. The highest BCUT2D eigenvalue weighted by Gasteiger charge is 2.32. The molecule has 1 amide bonds. The Morgan fingerprint density at radius 1 is 1.24 bits per heavy atom. The summed E-state index contributed by atoms with van der Waals surface area (Å²) >= 11 is 0. The van der Waals surface area contributed by atoms with E-state index in [-0.39, 0.29) is 18.1 Å². The van der Waals surface area contributed by atoms with Gasteiger partial charge < -0.3 is 23.7 Å². The summed E-state index contributed by atoms with van der Waals surface area (Å²) in [7, 11) is 0. The average Bonchev–Trinajstić information content (AvgIpc) is 3.38. The first kappa shape index (κ1) is 23.6. The van der Waals surface area contributed by atoms with Crippen LogP contribution in [0.3, 0.4) is 0 Å². The van der Waals surface area contributed by atoms with E-state index in [0.717, 1.165) is 0 Å². The molecule has 10 nitrogen and oxygen atoms in total. The lowest BCUT2D eigenvalue weighted by atomic mass is 10.2. The molecule has 1 aliphatic rings. The molecule has 12 heteroatoms. The highest BCUT2D eigenvalue weighted by Crippen LogP contribution is 2.30. The van der Waals surface area contributed by atoms with Gasteiger partial charge in [0.1, 0.15) is 23.9 Å². The fourth-order valence-electron chi connectivity index (χ4n) is 3.67. The lowest BCUT2D eigenvalue weighted by Gasteiger charge is -2.24. The van der Waals surface area contributed by atoms with Gasteiger partial charge >= 0.3 is 12.7 Å². The molecular weight excluding hydrogens is 450 g/mol. The van der Waals surface area contributed by atoms with Gasteiger partial charge in [-0.3, -0.25) is 0 Å². The number of rotatable bonds is 6. The number of amides is 1. The minimum absolute atomic E-state index is 0.183. The molecule has 0 N–H and O–H groups in total. The van der Waals surface area contributed by atoms with Gasteiger partial charge in [-0.1, -0.05) is 0 Å². The molecule has 1 fully saturated rings. The number of hydrogen-bond acceptors (Lipinski definition) is 8. The Balaban J connectivity index is 1.56. The molecule has 1 saturated heterocycles. The Kier molecular flexibility index (Phi) is 6.49. The third-order valence-electron chi connectivity index (χ3n) is 5.09. The van der Waals surface area contributed by atoms with Gasteiger partial charge in [0, 0.05) is 37.3 Å². The maximum atomic E-state index is 12.4. The van der Waals surface area contributed by atoms with E-state index in [2.05, 4.69) is 24.7 Å². The van der Waals surface area contributed by atoms with Gasteiger partial charge in [0.15, 0.2) is 11.2 Å². The van der Waals surface area contributed by atoms with Crippen molar-refractivity contribution in [3.8, 4) is 23.1 Å². The van der Waals surface area contributed by atoms with Crippen LogP contribution in [0.5, 0.6) is 11.8 Å². The SMILES string of the molecule is CCn1c(-c2ccc(OC(F)F)nc2)nc2c(OC3CCN(C(=O)OC(C)(C)C)C3)ncnc21. The second-order valence-corrected chi connectivity index (χ2v) is 8.75. The van der Waals surface area contributed by atoms with E-state index < -0.39 is 12.2 Å². The van der Waals surface area contributed by atoms with E-state index in [4.69, 9.17) is 9.47 Å². The van der Waals surface area contributed by atoms with Crippen LogP contribution in [0.2, 0.25) is 0 Å². The summed E-state index contributed by atoms with van der Waals surface area (Å²) in [4.78, 5) is 31.2. The smallest absolute Gasteiger partial charge is 0.410 e. The van der Waals surface area contributed by atoms with Crippen molar-refractivity contribution in [2.45, 2.75) is 59.0 Å². The number of imidazole rings is 1. The van der Waals surface area contributed by atoms with Crippen LogP contribution in [-0.2, 0) is 11.3 Å². The number of pyridine rings is 1. The molecule has 4 heterocycles. The molecule has 0 saturated carbocycles. The zero-order valence-corrected chi connectivity index (χ0v) is 19.4. The second-order valence-electron chi connectivity index (χ2n) is 8.75. The number of halogens is 2. The lowest BCUT2D eigenvalue weighted by molar-refractivity contribution is -0.0528. The van der Waals surface area contributed by atoms with Crippen molar-refractivity contribution in [3.63, 3.8) is 0 Å². The Labute approximate surface area is 194 Å². The third-order valence-corrected chi connectivity index (χ3v) is 5.09. The molecular formula is C22H26F2N6O4. The zero-order valence-electron chi connectivity index (χ0n) is 19.4. The number of fused-ring (bicyclic) bond motifs is 1. The summed E-state index contributed by atoms with van der Waals surface area (Å²) in [5, 5.41) is 0.